The number of unbranched alkanes of at least 4 members (excludes halogenated alkanes) is 1. The molecule has 1 aliphatic heterocycles. The molecule has 3 nitrogen and oxygen atoms in total. The van der Waals surface area contributed by atoms with Gasteiger partial charge in [0, 0.05) is 0 Å². The third-order valence-corrected chi connectivity index (χ3v) is 2.83. The highest BCUT2D eigenvalue weighted by Crippen LogP contribution is 2.19. The molecule has 1 amide bonds. The Bertz CT molecular complexity index is 162. The van der Waals surface area contributed by atoms with Gasteiger partial charge in [0.05, 0.1) is 6.04 Å². The quantitative estimate of drug-likeness (QED) is 0.685. The number of hydrogen-bond donors (Lipinski definition) is 2. The summed E-state index contributed by atoms with van der Waals surface area (Å²) in [7, 11) is 0. The average Bonchev–Trinajstić information content (AvgIpc) is 2.15. The highest BCUT2D eigenvalue weighted by atomic mass is 16.1. The molecule has 3 heteroatoms. The van der Waals surface area contributed by atoms with Crippen molar-refractivity contribution in [3.05, 3.63) is 0 Å². The zero-order valence-corrected chi connectivity index (χ0v) is 8.38. The molecule has 1 fully saturated rings. The van der Waals surface area contributed by atoms with Crippen LogP contribution >= 0.6 is 0 Å². The number of piperidine rings is 1. The molecule has 2 atom stereocenters. The highest BCUT2D eigenvalue weighted by Gasteiger charge is 2.23. The zero-order valence-electron chi connectivity index (χ0n) is 8.38. The van der Waals surface area contributed by atoms with Crippen LogP contribution in [0.3, 0.4) is 0 Å². The summed E-state index contributed by atoms with van der Waals surface area (Å²) in [6.45, 7) is 3.18. The van der Waals surface area contributed by atoms with Crippen molar-refractivity contribution in [2.75, 3.05) is 6.54 Å². The van der Waals surface area contributed by atoms with Gasteiger partial charge in [0.25, 0.3) is 0 Å². The minimum Gasteiger partial charge on any atom is -0.368 e. The average molecular weight is 184 g/mol. The first-order valence-electron chi connectivity index (χ1n) is 5.26. The number of nitrogens with two attached hydrogens (primary N) is 1. The molecule has 13 heavy (non-hydrogen) atoms. The van der Waals surface area contributed by atoms with E-state index in [1.807, 2.05) is 0 Å². The minimum absolute atomic E-state index is 0.0714. The van der Waals surface area contributed by atoms with E-state index in [1.54, 1.807) is 0 Å². The molecular formula is C10H20N2O. The maximum Gasteiger partial charge on any atom is 0.234 e. The van der Waals surface area contributed by atoms with E-state index in [9.17, 15) is 4.79 Å². The van der Waals surface area contributed by atoms with Crippen LogP contribution in [-0.4, -0.2) is 18.5 Å². The summed E-state index contributed by atoms with van der Waals surface area (Å²) >= 11 is 0. The molecule has 0 aliphatic carbocycles. The normalized spacial score (nSPS) is 28.7. The Hall–Kier alpha value is -0.570. The van der Waals surface area contributed by atoms with Crippen LogP contribution in [0, 0.1) is 5.92 Å². The first-order valence-corrected chi connectivity index (χ1v) is 5.26. The second-order valence-corrected chi connectivity index (χ2v) is 3.95. The number of carbonyl (C=O) groups is 1. The number of hydrogen-bond acceptors (Lipinski definition) is 2. The molecule has 0 radical (unpaired) electrons. The Morgan fingerprint density at radius 3 is 2.77 bits per heavy atom. The van der Waals surface area contributed by atoms with Gasteiger partial charge in [-0.05, 0) is 31.7 Å². The fourth-order valence-corrected chi connectivity index (χ4v) is 1.90. The van der Waals surface area contributed by atoms with Crippen LogP contribution in [-0.2, 0) is 4.79 Å². The number of rotatable bonds is 4. The van der Waals surface area contributed by atoms with Gasteiger partial charge in [-0.3, -0.25) is 4.79 Å². The summed E-state index contributed by atoms with van der Waals surface area (Å²) in [5, 5.41) is 3.20. The highest BCUT2D eigenvalue weighted by molar-refractivity contribution is 5.79. The summed E-state index contributed by atoms with van der Waals surface area (Å²) in [5.74, 6) is 0.560. The predicted octanol–water partition coefficient (Wildman–Crippen LogP) is 1.03. The van der Waals surface area contributed by atoms with Crippen LogP contribution in [0.2, 0.25) is 0 Å². The second-order valence-electron chi connectivity index (χ2n) is 3.95. The molecular weight excluding hydrogens is 164 g/mol. The lowest BCUT2D eigenvalue weighted by Gasteiger charge is -2.27. The molecule has 0 aromatic carbocycles. The van der Waals surface area contributed by atoms with Crippen molar-refractivity contribution in [3.63, 3.8) is 0 Å². The van der Waals surface area contributed by atoms with Crippen LogP contribution in [0.1, 0.15) is 39.0 Å². The van der Waals surface area contributed by atoms with Crippen LogP contribution in [0.25, 0.3) is 0 Å². The Kier molecular flexibility index (Phi) is 4.22. The van der Waals surface area contributed by atoms with E-state index in [1.165, 1.54) is 19.3 Å². The van der Waals surface area contributed by atoms with Gasteiger partial charge in [-0.25, -0.2) is 0 Å². The van der Waals surface area contributed by atoms with Gasteiger partial charge in [-0.15, -0.1) is 0 Å². The fraction of sp³-hybridized carbons (Fsp3) is 0.900. The lowest BCUT2D eigenvalue weighted by atomic mass is 9.90. The second kappa shape index (κ2) is 5.22. The molecule has 3 N–H and O–H groups in total. The molecule has 0 spiro atoms. The van der Waals surface area contributed by atoms with Crippen LogP contribution < -0.4 is 11.1 Å². The van der Waals surface area contributed by atoms with Gasteiger partial charge < -0.3 is 11.1 Å². The van der Waals surface area contributed by atoms with Crippen molar-refractivity contribution in [1.29, 1.82) is 0 Å². The maximum absolute atomic E-state index is 10.8. The van der Waals surface area contributed by atoms with Gasteiger partial charge in [0.15, 0.2) is 0 Å². The third kappa shape index (κ3) is 3.35. The van der Waals surface area contributed by atoms with E-state index in [-0.39, 0.29) is 11.9 Å². The van der Waals surface area contributed by atoms with Gasteiger partial charge in [0.2, 0.25) is 5.91 Å². The number of carbonyl (C=O) groups excluding carboxylic acids is 1. The predicted molar refractivity (Wildman–Crippen MR) is 53.2 cm³/mol. The lowest BCUT2D eigenvalue weighted by molar-refractivity contribution is -0.120. The van der Waals surface area contributed by atoms with Crippen molar-refractivity contribution in [2.24, 2.45) is 11.7 Å². The number of primary amides is 1. The van der Waals surface area contributed by atoms with E-state index < -0.39 is 0 Å². The van der Waals surface area contributed by atoms with E-state index in [0.717, 1.165) is 25.3 Å². The monoisotopic (exact) mass is 184 g/mol. The summed E-state index contributed by atoms with van der Waals surface area (Å²) in [4.78, 5) is 10.8. The summed E-state index contributed by atoms with van der Waals surface area (Å²) in [6, 6.07) is -0.0714. The number of nitrogens with one attached hydrogen (secondary N) is 1. The molecule has 0 aromatic heterocycles. The largest absolute Gasteiger partial charge is 0.368 e. The van der Waals surface area contributed by atoms with E-state index in [4.69, 9.17) is 5.73 Å². The molecule has 0 aromatic rings. The first kappa shape index (κ1) is 10.5. The van der Waals surface area contributed by atoms with Crippen LogP contribution in [0.4, 0.5) is 0 Å². The van der Waals surface area contributed by atoms with Crippen molar-refractivity contribution >= 4 is 5.91 Å². The van der Waals surface area contributed by atoms with E-state index >= 15 is 0 Å². The lowest BCUT2D eigenvalue weighted by Crippen LogP contribution is -2.46. The smallest absolute Gasteiger partial charge is 0.234 e. The molecule has 1 rings (SSSR count). The van der Waals surface area contributed by atoms with Crippen LogP contribution in [0.5, 0.6) is 0 Å². The van der Waals surface area contributed by atoms with Gasteiger partial charge in [-0.1, -0.05) is 19.8 Å². The topological polar surface area (TPSA) is 55.1 Å². The minimum atomic E-state index is -0.200. The summed E-state index contributed by atoms with van der Waals surface area (Å²) < 4.78 is 0. The van der Waals surface area contributed by atoms with Gasteiger partial charge >= 0.3 is 0 Å². The SMILES string of the molecule is CCCC[C@@H]1CC[C@@H](C(N)=O)NC1. The van der Waals surface area contributed by atoms with Crippen molar-refractivity contribution in [1.82, 2.24) is 5.32 Å². The van der Waals surface area contributed by atoms with E-state index in [0.29, 0.717) is 0 Å². The Morgan fingerprint density at radius 1 is 1.54 bits per heavy atom. The molecule has 0 unspecified atom stereocenters. The molecule has 1 aliphatic rings. The number of amides is 1. The summed E-state index contributed by atoms with van der Waals surface area (Å²) in [5.41, 5.74) is 5.21. The summed E-state index contributed by atoms with van der Waals surface area (Å²) in [6.07, 6.45) is 5.92. The van der Waals surface area contributed by atoms with Crippen LogP contribution in [0.15, 0.2) is 0 Å². The maximum atomic E-state index is 10.8. The van der Waals surface area contributed by atoms with Gasteiger partial charge in [-0.2, -0.15) is 0 Å². The Labute approximate surface area is 80.1 Å². The van der Waals surface area contributed by atoms with Crippen molar-refractivity contribution in [2.45, 2.75) is 45.1 Å². The molecule has 76 valence electrons. The molecule has 1 saturated heterocycles. The zero-order chi connectivity index (χ0) is 9.68. The molecule has 0 bridgehead atoms. The van der Waals surface area contributed by atoms with Crippen molar-refractivity contribution in [3.8, 4) is 0 Å². The Balaban J connectivity index is 2.18. The Morgan fingerprint density at radius 2 is 2.31 bits per heavy atom. The third-order valence-electron chi connectivity index (χ3n) is 2.83. The molecule has 1 heterocycles. The van der Waals surface area contributed by atoms with Gasteiger partial charge in [0.1, 0.15) is 0 Å². The standard InChI is InChI=1S/C10H20N2O/c1-2-3-4-8-5-6-9(10(11)13)12-7-8/h8-9,12H,2-7H2,1H3,(H2,11,13)/t8-,9+/m1/s1. The van der Waals surface area contributed by atoms with Crippen molar-refractivity contribution < 1.29 is 4.79 Å². The van der Waals surface area contributed by atoms with E-state index in [2.05, 4.69) is 12.2 Å². The molecule has 0 saturated carbocycles. The first-order chi connectivity index (χ1) is 6.24. The fourth-order valence-electron chi connectivity index (χ4n) is 1.90.